The number of nitrogen functional groups attached to an aromatic ring is 1. The van der Waals surface area contributed by atoms with Crippen LogP contribution < -0.4 is 5.73 Å². The third-order valence-electron chi connectivity index (χ3n) is 3.47. The van der Waals surface area contributed by atoms with Gasteiger partial charge in [0.15, 0.2) is 5.16 Å². The maximum absolute atomic E-state index is 12.3. The third kappa shape index (κ3) is 4.39. The van der Waals surface area contributed by atoms with Crippen LogP contribution in [0.25, 0.3) is 0 Å². The fraction of sp³-hybridized carbons (Fsp3) is 0.400. The molecule has 1 amide bonds. The highest BCUT2D eigenvalue weighted by Gasteiger charge is 2.17. The smallest absolute Gasteiger partial charge is 0.242 e. The van der Waals surface area contributed by atoms with Crippen LogP contribution in [-0.2, 0) is 17.1 Å². The van der Waals surface area contributed by atoms with Crippen LogP contribution >= 0.6 is 23.4 Å². The summed E-state index contributed by atoms with van der Waals surface area (Å²) in [4.78, 5) is 14.0. The Kier molecular flexibility index (Phi) is 6.29. The minimum absolute atomic E-state index is 0.00101. The third-order valence-corrected chi connectivity index (χ3v) is 4.85. The van der Waals surface area contributed by atoms with Crippen LogP contribution in [-0.4, -0.2) is 38.7 Å². The Morgan fingerprint density at radius 1 is 1.30 bits per heavy atom. The number of thioether (sulfide) groups is 1. The van der Waals surface area contributed by atoms with Crippen LogP contribution in [0.3, 0.4) is 0 Å². The molecule has 0 radical (unpaired) electrons. The summed E-state index contributed by atoms with van der Waals surface area (Å²) in [6.07, 6.45) is 0. The van der Waals surface area contributed by atoms with Crippen molar-refractivity contribution in [2.24, 2.45) is 0 Å². The van der Waals surface area contributed by atoms with Crippen molar-refractivity contribution in [3.8, 4) is 0 Å². The second-order valence-corrected chi connectivity index (χ2v) is 6.22. The summed E-state index contributed by atoms with van der Waals surface area (Å²) < 4.78 is 1.64. The van der Waals surface area contributed by atoms with E-state index >= 15 is 0 Å². The van der Waals surface area contributed by atoms with Crippen molar-refractivity contribution in [1.29, 1.82) is 0 Å². The largest absolute Gasteiger partial charge is 0.368 e. The van der Waals surface area contributed by atoms with E-state index in [-0.39, 0.29) is 18.4 Å². The first-order chi connectivity index (χ1) is 11.1. The number of aromatic nitrogens is 3. The molecule has 124 valence electrons. The number of nitrogens with zero attached hydrogens (tertiary/aromatic N) is 4. The van der Waals surface area contributed by atoms with Gasteiger partial charge in [0.1, 0.15) is 6.54 Å². The Morgan fingerprint density at radius 3 is 2.65 bits per heavy atom. The van der Waals surface area contributed by atoms with E-state index in [0.29, 0.717) is 29.0 Å². The first kappa shape index (κ1) is 17.6. The van der Waals surface area contributed by atoms with Crippen molar-refractivity contribution in [3.05, 3.63) is 34.9 Å². The molecule has 0 bridgehead atoms. The van der Waals surface area contributed by atoms with Crippen molar-refractivity contribution in [3.63, 3.8) is 0 Å². The molecule has 0 saturated heterocycles. The topological polar surface area (TPSA) is 77.0 Å². The van der Waals surface area contributed by atoms with Crippen molar-refractivity contribution in [2.45, 2.75) is 31.3 Å². The number of hydrogen-bond donors (Lipinski definition) is 1. The minimum atomic E-state index is 0.00101. The number of hydrogen-bond acceptors (Lipinski definition) is 5. The molecule has 0 atom stereocenters. The highest BCUT2D eigenvalue weighted by atomic mass is 35.5. The lowest BCUT2D eigenvalue weighted by atomic mass is 10.2. The second kappa shape index (κ2) is 8.21. The lowest BCUT2D eigenvalue weighted by Crippen LogP contribution is -2.33. The van der Waals surface area contributed by atoms with Gasteiger partial charge in [-0.25, -0.2) is 0 Å². The lowest BCUT2D eigenvalue weighted by molar-refractivity contribution is -0.131. The summed E-state index contributed by atoms with van der Waals surface area (Å²) in [5, 5.41) is 9.26. The van der Waals surface area contributed by atoms with Gasteiger partial charge in [-0.05, 0) is 25.5 Å². The fourth-order valence-corrected chi connectivity index (χ4v) is 3.36. The summed E-state index contributed by atoms with van der Waals surface area (Å²) >= 11 is 7.62. The Balaban J connectivity index is 2.09. The molecule has 0 saturated carbocycles. The summed E-state index contributed by atoms with van der Waals surface area (Å²) in [5.74, 6) is 0.880. The predicted molar refractivity (Wildman–Crippen MR) is 93.4 cm³/mol. The number of nitrogens with two attached hydrogens (primary N) is 1. The predicted octanol–water partition coefficient (Wildman–Crippen LogP) is 2.67. The molecule has 0 fully saturated rings. The van der Waals surface area contributed by atoms with Gasteiger partial charge < -0.3 is 10.6 Å². The Labute approximate surface area is 145 Å². The number of likely N-dealkylation sites (N-methyl/N-ethyl adjacent to an activating group) is 1. The highest BCUT2D eigenvalue weighted by Crippen LogP contribution is 2.26. The zero-order valence-electron chi connectivity index (χ0n) is 13.2. The van der Waals surface area contributed by atoms with Crippen molar-refractivity contribution < 1.29 is 4.79 Å². The van der Waals surface area contributed by atoms with Gasteiger partial charge in [-0.15, -0.1) is 10.2 Å². The molecule has 2 N–H and O–H groups in total. The molecular formula is C15H20ClN5OS. The zero-order chi connectivity index (χ0) is 16.8. The fourth-order valence-electron chi connectivity index (χ4n) is 2.12. The maximum Gasteiger partial charge on any atom is 0.242 e. The van der Waals surface area contributed by atoms with Crippen LogP contribution in [0.4, 0.5) is 5.95 Å². The molecule has 0 aliphatic carbocycles. The van der Waals surface area contributed by atoms with Crippen molar-refractivity contribution >= 4 is 35.2 Å². The maximum atomic E-state index is 12.3. The van der Waals surface area contributed by atoms with E-state index in [2.05, 4.69) is 10.2 Å². The van der Waals surface area contributed by atoms with E-state index in [1.165, 1.54) is 11.8 Å². The van der Waals surface area contributed by atoms with E-state index in [4.69, 9.17) is 17.3 Å². The van der Waals surface area contributed by atoms with Crippen molar-refractivity contribution in [2.75, 3.05) is 18.8 Å². The van der Waals surface area contributed by atoms with E-state index < -0.39 is 0 Å². The van der Waals surface area contributed by atoms with Gasteiger partial charge in [0, 0.05) is 23.9 Å². The standard InChI is InChI=1S/C15H20ClN5OS/c1-3-20(4-2)13(22)9-21-14(17)18-19-15(21)23-10-11-7-5-6-8-12(11)16/h5-8H,3-4,9-10H2,1-2H3,(H2,17,18). The summed E-state index contributed by atoms with van der Waals surface area (Å²) in [5.41, 5.74) is 6.85. The number of carbonyl (C=O) groups is 1. The molecular weight excluding hydrogens is 334 g/mol. The van der Waals surface area contributed by atoms with Gasteiger partial charge in [0.05, 0.1) is 0 Å². The lowest BCUT2D eigenvalue weighted by Gasteiger charge is -2.19. The number of halogens is 1. The number of rotatable bonds is 7. The van der Waals surface area contributed by atoms with Gasteiger partial charge in [0.2, 0.25) is 11.9 Å². The zero-order valence-corrected chi connectivity index (χ0v) is 14.8. The Morgan fingerprint density at radius 2 is 2.00 bits per heavy atom. The Hall–Kier alpha value is -1.73. The molecule has 0 unspecified atom stereocenters. The number of anilines is 1. The monoisotopic (exact) mass is 353 g/mol. The van der Waals surface area contributed by atoms with Gasteiger partial charge in [-0.3, -0.25) is 9.36 Å². The van der Waals surface area contributed by atoms with Gasteiger partial charge in [0.25, 0.3) is 0 Å². The molecule has 2 aromatic rings. The molecule has 0 aliphatic rings. The van der Waals surface area contributed by atoms with Gasteiger partial charge >= 0.3 is 0 Å². The molecule has 2 rings (SSSR count). The number of amides is 1. The quantitative estimate of drug-likeness (QED) is 0.774. The first-order valence-electron chi connectivity index (χ1n) is 7.39. The molecule has 8 heteroatoms. The number of benzene rings is 1. The van der Waals surface area contributed by atoms with E-state index in [1.54, 1.807) is 9.47 Å². The molecule has 1 heterocycles. The molecule has 1 aromatic carbocycles. The van der Waals surface area contributed by atoms with E-state index in [9.17, 15) is 4.79 Å². The minimum Gasteiger partial charge on any atom is -0.368 e. The van der Waals surface area contributed by atoms with Crippen LogP contribution in [0, 0.1) is 0 Å². The summed E-state index contributed by atoms with van der Waals surface area (Å²) in [6, 6.07) is 7.63. The SMILES string of the molecule is CCN(CC)C(=O)Cn1c(N)nnc1SCc1ccccc1Cl. The van der Waals surface area contributed by atoms with E-state index in [0.717, 1.165) is 5.56 Å². The van der Waals surface area contributed by atoms with Gasteiger partial charge in [-0.2, -0.15) is 0 Å². The normalized spacial score (nSPS) is 10.7. The molecule has 6 nitrogen and oxygen atoms in total. The van der Waals surface area contributed by atoms with Crippen LogP contribution in [0.2, 0.25) is 5.02 Å². The first-order valence-corrected chi connectivity index (χ1v) is 8.75. The average Bonchev–Trinajstić information content (AvgIpc) is 2.88. The van der Waals surface area contributed by atoms with Crippen LogP contribution in [0.1, 0.15) is 19.4 Å². The van der Waals surface area contributed by atoms with E-state index in [1.807, 2.05) is 38.1 Å². The van der Waals surface area contributed by atoms with Crippen LogP contribution in [0.5, 0.6) is 0 Å². The second-order valence-electron chi connectivity index (χ2n) is 4.87. The molecule has 1 aromatic heterocycles. The number of carbonyl (C=O) groups excluding carboxylic acids is 1. The van der Waals surface area contributed by atoms with Crippen LogP contribution in [0.15, 0.2) is 29.4 Å². The molecule has 23 heavy (non-hydrogen) atoms. The molecule has 0 aliphatic heterocycles. The summed E-state index contributed by atoms with van der Waals surface area (Å²) in [6.45, 7) is 5.37. The van der Waals surface area contributed by atoms with Gasteiger partial charge in [-0.1, -0.05) is 41.6 Å². The Bertz CT molecular complexity index is 672. The summed E-state index contributed by atoms with van der Waals surface area (Å²) in [7, 11) is 0. The van der Waals surface area contributed by atoms with Crippen molar-refractivity contribution in [1.82, 2.24) is 19.7 Å². The average molecular weight is 354 g/mol. The highest BCUT2D eigenvalue weighted by molar-refractivity contribution is 7.98. The molecule has 0 spiro atoms.